The first-order valence-corrected chi connectivity index (χ1v) is 11.1. The molecule has 2 fully saturated rings. The molecule has 8 heteroatoms. The van der Waals surface area contributed by atoms with Crippen LogP contribution in [0.4, 0.5) is 5.69 Å². The topological polar surface area (TPSA) is 95.6 Å². The Kier molecular flexibility index (Phi) is 6.49. The number of rotatable bonds is 6. The average molecular weight is 394 g/mol. The molecule has 0 aromatic heterocycles. The standard InChI is InChI=1S/C19H27N3O4S/c23-18(21-15-6-3-1-2-4-7-15)14-20-27(25,26)17-11-9-16(10-12-17)22-13-5-8-19(22)24/h9-12,15,20H,1-8,13-14H2,(H,21,23). The van der Waals surface area contributed by atoms with E-state index in [-0.39, 0.29) is 29.3 Å². The van der Waals surface area contributed by atoms with E-state index in [1.165, 1.54) is 25.0 Å². The van der Waals surface area contributed by atoms with Crippen LogP contribution in [0, 0.1) is 0 Å². The third kappa shape index (κ3) is 5.29. The molecule has 1 aromatic carbocycles. The largest absolute Gasteiger partial charge is 0.352 e. The van der Waals surface area contributed by atoms with Gasteiger partial charge in [-0.15, -0.1) is 0 Å². The lowest BCUT2D eigenvalue weighted by Crippen LogP contribution is -2.41. The van der Waals surface area contributed by atoms with Gasteiger partial charge in [0.2, 0.25) is 21.8 Å². The van der Waals surface area contributed by atoms with Crippen LogP contribution in [0.15, 0.2) is 29.2 Å². The van der Waals surface area contributed by atoms with Crippen molar-refractivity contribution in [1.29, 1.82) is 0 Å². The van der Waals surface area contributed by atoms with Gasteiger partial charge in [0.05, 0.1) is 11.4 Å². The molecular formula is C19H27N3O4S. The zero-order valence-corrected chi connectivity index (χ0v) is 16.3. The molecule has 0 bridgehead atoms. The number of sulfonamides is 1. The van der Waals surface area contributed by atoms with E-state index in [1.54, 1.807) is 17.0 Å². The molecule has 27 heavy (non-hydrogen) atoms. The van der Waals surface area contributed by atoms with E-state index in [0.29, 0.717) is 18.7 Å². The van der Waals surface area contributed by atoms with Crippen LogP contribution in [0.2, 0.25) is 0 Å². The van der Waals surface area contributed by atoms with Gasteiger partial charge in [-0.2, -0.15) is 0 Å². The second-order valence-electron chi connectivity index (χ2n) is 7.22. The summed E-state index contributed by atoms with van der Waals surface area (Å²) in [7, 11) is -3.77. The predicted molar refractivity (Wildman–Crippen MR) is 103 cm³/mol. The second-order valence-corrected chi connectivity index (χ2v) is 8.99. The van der Waals surface area contributed by atoms with Gasteiger partial charge >= 0.3 is 0 Å². The van der Waals surface area contributed by atoms with Crippen LogP contribution in [0.1, 0.15) is 51.4 Å². The van der Waals surface area contributed by atoms with Gasteiger partial charge in [-0.25, -0.2) is 13.1 Å². The van der Waals surface area contributed by atoms with Crippen LogP contribution in [0.5, 0.6) is 0 Å². The van der Waals surface area contributed by atoms with Crippen LogP contribution in [-0.2, 0) is 19.6 Å². The third-order valence-corrected chi connectivity index (χ3v) is 6.59. The summed E-state index contributed by atoms with van der Waals surface area (Å²) in [5, 5.41) is 2.92. The Morgan fingerprint density at radius 3 is 2.30 bits per heavy atom. The van der Waals surface area contributed by atoms with E-state index in [0.717, 1.165) is 32.1 Å². The fraction of sp³-hybridized carbons (Fsp3) is 0.579. The van der Waals surface area contributed by atoms with Gasteiger partial charge in [0.25, 0.3) is 0 Å². The molecule has 1 saturated heterocycles. The molecule has 0 radical (unpaired) electrons. The van der Waals surface area contributed by atoms with Gasteiger partial charge in [-0.1, -0.05) is 25.7 Å². The molecule has 1 aliphatic carbocycles. The lowest BCUT2D eigenvalue weighted by molar-refractivity contribution is -0.120. The molecular weight excluding hydrogens is 366 g/mol. The van der Waals surface area contributed by atoms with Crippen LogP contribution in [-0.4, -0.2) is 39.4 Å². The Hall–Kier alpha value is -1.93. The molecule has 3 rings (SSSR count). The zero-order valence-electron chi connectivity index (χ0n) is 15.4. The number of hydrogen-bond donors (Lipinski definition) is 2. The number of carbonyl (C=O) groups is 2. The molecule has 2 N–H and O–H groups in total. The number of anilines is 1. The third-order valence-electron chi connectivity index (χ3n) is 5.18. The number of carbonyl (C=O) groups excluding carboxylic acids is 2. The van der Waals surface area contributed by atoms with Crippen molar-refractivity contribution in [3.63, 3.8) is 0 Å². The summed E-state index contributed by atoms with van der Waals surface area (Å²) in [5.41, 5.74) is 0.697. The van der Waals surface area contributed by atoms with Crippen LogP contribution in [0.3, 0.4) is 0 Å². The summed E-state index contributed by atoms with van der Waals surface area (Å²) < 4.78 is 27.2. The Balaban J connectivity index is 1.54. The van der Waals surface area contributed by atoms with Crippen LogP contribution >= 0.6 is 0 Å². The fourth-order valence-electron chi connectivity index (χ4n) is 3.67. The Morgan fingerprint density at radius 1 is 1.04 bits per heavy atom. The first-order valence-electron chi connectivity index (χ1n) is 9.65. The van der Waals surface area contributed by atoms with Gasteiger partial charge in [0.15, 0.2) is 0 Å². The lowest BCUT2D eigenvalue weighted by atomic mass is 10.1. The highest BCUT2D eigenvalue weighted by Gasteiger charge is 2.23. The quantitative estimate of drug-likeness (QED) is 0.722. The lowest BCUT2D eigenvalue weighted by Gasteiger charge is -2.17. The van der Waals surface area contributed by atoms with Crippen LogP contribution in [0.25, 0.3) is 0 Å². The van der Waals surface area contributed by atoms with Crippen molar-refractivity contribution < 1.29 is 18.0 Å². The molecule has 0 spiro atoms. The van der Waals surface area contributed by atoms with Gasteiger partial charge in [-0.3, -0.25) is 9.59 Å². The monoisotopic (exact) mass is 393 g/mol. The minimum Gasteiger partial charge on any atom is -0.352 e. The molecule has 148 valence electrons. The molecule has 0 atom stereocenters. The summed E-state index contributed by atoms with van der Waals surface area (Å²) in [6, 6.07) is 6.33. The van der Waals surface area contributed by atoms with Gasteiger partial charge in [0.1, 0.15) is 0 Å². The maximum atomic E-state index is 12.4. The van der Waals surface area contributed by atoms with Gasteiger partial charge in [0, 0.05) is 24.7 Å². The fourth-order valence-corrected chi connectivity index (χ4v) is 4.65. The minimum atomic E-state index is -3.77. The average Bonchev–Trinajstić information content (AvgIpc) is 2.92. The molecule has 2 amide bonds. The van der Waals surface area contributed by atoms with Crippen molar-refractivity contribution in [2.24, 2.45) is 0 Å². The predicted octanol–water partition coefficient (Wildman–Crippen LogP) is 1.93. The van der Waals surface area contributed by atoms with Gasteiger partial charge < -0.3 is 10.2 Å². The summed E-state index contributed by atoms with van der Waals surface area (Å²) >= 11 is 0. The molecule has 0 unspecified atom stereocenters. The summed E-state index contributed by atoms with van der Waals surface area (Å²) in [6.45, 7) is 0.385. The van der Waals surface area contributed by atoms with E-state index in [2.05, 4.69) is 10.0 Å². The SMILES string of the molecule is O=C(CNS(=O)(=O)c1ccc(N2CCCC2=O)cc1)NC1CCCCCC1. The smallest absolute Gasteiger partial charge is 0.241 e. The zero-order chi connectivity index (χ0) is 19.3. The molecule has 1 heterocycles. The number of hydrogen-bond acceptors (Lipinski definition) is 4. The van der Waals surface area contributed by atoms with Gasteiger partial charge in [-0.05, 0) is 43.5 Å². The molecule has 1 saturated carbocycles. The van der Waals surface area contributed by atoms with E-state index < -0.39 is 10.0 Å². The van der Waals surface area contributed by atoms with Crippen molar-refractivity contribution in [1.82, 2.24) is 10.0 Å². The first kappa shape index (κ1) is 19.8. The van der Waals surface area contributed by atoms with E-state index in [9.17, 15) is 18.0 Å². The van der Waals surface area contributed by atoms with Crippen LogP contribution < -0.4 is 14.9 Å². The second kappa shape index (κ2) is 8.84. The number of nitrogens with zero attached hydrogens (tertiary/aromatic N) is 1. The van der Waals surface area contributed by atoms with Crippen molar-refractivity contribution >= 4 is 27.5 Å². The van der Waals surface area contributed by atoms with Crippen molar-refractivity contribution in [3.8, 4) is 0 Å². The van der Waals surface area contributed by atoms with Crippen molar-refractivity contribution in [3.05, 3.63) is 24.3 Å². The number of nitrogens with one attached hydrogen (secondary N) is 2. The number of amides is 2. The maximum Gasteiger partial charge on any atom is 0.241 e. The molecule has 2 aliphatic rings. The Bertz CT molecular complexity index is 769. The minimum absolute atomic E-state index is 0.0546. The summed E-state index contributed by atoms with van der Waals surface area (Å²) in [5.74, 6) is -0.247. The van der Waals surface area contributed by atoms with Crippen molar-refractivity contribution in [2.45, 2.75) is 62.3 Å². The molecule has 1 aliphatic heterocycles. The Morgan fingerprint density at radius 2 is 1.70 bits per heavy atom. The highest BCUT2D eigenvalue weighted by atomic mass is 32.2. The molecule has 7 nitrogen and oxygen atoms in total. The maximum absolute atomic E-state index is 12.4. The number of benzene rings is 1. The normalized spacial score (nSPS) is 19.1. The highest BCUT2D eigenvalue weighted by molar-refractivity contribution is 7.89. The highest BCUT2D eigenvalue weighted by Crippen LogP contribution is 2.23. The van der Waals surface area contributed by atoms with Crippen molar-refractivity contribution in [2.75, 3.05) is 18.0 Å². The first-order chi connectivity index (χ1) is 13.0. The molecule has 1 aromatic rings. The van der Waals surface area contributed by atoms with E-state index in [4.69, 9.17) is 0 Å². The summed E-state index contributed by atoms with van der Waals surface area (Å²) in [4.78, 5) is 25.6. The van der Waals surface area contributed by atoms with E-state index in [1.807, 2.05) is 0 Å². The Labute approximate surface area is 160 Å². The van der Waals surface area contributed by atoms with E-state index >= 15 is 0 Å². The summed E-state index contributed by atoms with van der Waals surface area (Å²) in [6.07, 6.45) is 7.83.